The van der Waals surface area contributed by atoms with Crippen LogP contribution in [-0.4, -0.2) is 19.2 Å². The van der Waals surface area contributed by atoms with Crippen LogP contribution in [0.25, 0.3) is 0 Å². The number of rotatable bonds is 7. The van der Waals surface area contributed by atoms with Crippen molar-refractivity contribution in [3.05, 3.63) is 47.0 Å². The summed E-state index contributed by atoms with van der Waals surface area (Å²) in [6, 6.07) is 10.2. The summed E-state index contributed by atoms with van der Waals surface area (Å²) in [7, 11) is 0. The molecule has 0 aliphatic heterocycles. The zero-order chi connectivity index (χ0) is 16.0. The lowest BCUT2D eigenvalue weighted by Gasteiger charge is -2.43. The molecule has 3 nitrogen and oxygen atoms in total. The van der Waals surface area contributed by atoms with Crippen LogP contribution in [0.15, 0.2) is 41.5 Å². The SMILES string of the molecule is CCOC(=O)/C(C)=C1/CC[C@@]1(C)CCOCc1ccccc1. The second kappa shape index (κ2) is 7.59. The normalized spacial score (nSPS) is 22.9. The minimum atomic E-state index is -0.173. The Labute approximate surface area is 133 Å². The molecule has 0 spiro atoms. The molecule has 0 saturated heterocycles. The first-order valence-corrected chi connectivity index (χ1v) is 8.06. The van der Waals surface area contributed by atoms with E-state index in [0.29, 0.717) is 19.8 Å². The predicted octanol–water partition coefficient (Wildman–Crippen LogP) is 4.27. The maximum Gasteiger partial charge on any atom is 0.333 e. The molecule has 0 unspecified atom stereocenters. The van der Waals surface area contributed by atoms with Crippen LogP contribution in [0.3, 0.4) is 0 Å². The molecule has 0 N–H and O–H groups in total. The van der Waals surface area contributed by atoms with E-state index in [4.69, 9.17) is 9.47 Å². The topological polar surface area (TPSA) is 35.5 Å². The van der Waals surface area contributed by atoms with Crippen LogP contribution >= 0.6 is 0 Å². The molecule has 1 aliphatic rings. The van der Waals surface area contributed by atoms with Crippen LogP contribution in [0.2, 0.25) is 0 Å². The second-order valence-corrected chi connectivity index (χ2v) is 6.17. The Bertz CT molecular complexity index is 533. The molecule has 0 amide bonds. The molecule has 1 aromatic carbocycles. The number of benzene rings is 1. The summed E-state index contributed by atoms with van der Waals surface area (Å²) in [5.74, 6) is -0.173. The average molecular weight is 302 g/mol. The first-order chi connectivity index (χ1) is 10.6. The summed E-state index contributed by atoms with van der Waals surface area (Å²) in [5, 5.41) is 0. The Morgan fingerprint density at radius 2 is 2.00 bits per heavy atom. The van der Waals surface area contributed by atoms with Gasteiger partial charge in [0.1, 0.15) is 0 Å². The second-order valence-electron chi connectivity index (χ2n) is 6.17. The van der Waals surface area contributed by atoms with E-state index in [1.807, 2.05) is 32.0 Å². The predicted molar refractivity (Wildman–Crippen MR) is 87.4 cm³/mol. The van der Waals surface area contributed by atoms with Crippen molar-refractivity contribution < 1.29 is 14.3 Å². The van der Waals surface area contributed by atoms with Crippen molar-refractivity contribution in [2.45, 2.75) is 46.6 Å². The van der Waals surface area contributed by atoms with Crippen LogP contribution < -0.4 is 0 Å². The number of carbonyl (C=O) groups excluding carboxylic acids is 1. The summed E-state index contributed by atoms with van der Waals surface area (Å²) in [4.78, 5) is 11.9. The maximum absolute atomic E-state index is 11.9. The average Bonchev–Trinajstić information content (AvgIpc) is 2.51. The van der Waals surface area contributed by atoms with Gasteiger partial charge in [0.2, 0.25) is 0 Å². The van der Waals surface area contributed by atoms with Crippen molar-refractivity contribution in [3.63, 3.8) is 0 Å². The Morgan fingerprint density at radius 1 is 1.27 bits per heavy atom. The molecule has 0 radical (unpaired) electrons. The number of hydrogen-bond donors (Lipinski definition) is 0. The Kier molecular flexibility index (Phi) is 5.78. The Hall–Kier alpha value is -1.61. The first kappa shape index (κ1) is 16.8. The number of allylic oxidation sites excluding steroid dienone is 1. The van der Waals surface area contributed by atoms with Gasteiger partial charge in [-0.2, -0.15) is 0 Å². The standard InChI is InChI=1S/C19H26O3/c1-4-22-18(20)15(2)17-10-11-19(17,3)12-13-21-14-16-8-6-5-7-9-16/h5-9H,4,10-14H2,1-3H3/b17-15-/t19-/m0/s1. The third kappa shape index (κ3) is 3.98. The molecule has 1 atom stereocenters. The number of hydrogen-bond acceptors (Lipinski definition) is 3. The molecule has 22 heavy (non-hydrogen) atoms. The minimum Gasteiger partial charge on any atom is -0.463 e. The van der Waals surface area contributed by atoms with Gasteiger partial charge in [-0.05, 0) is 44.1 Å². The van der Waals surface area contributed by atoms with Gasteiger partial charge >= 0.3 is 5.97 Å². The van der Waals surface area contributed by atoms with Crippen LogP contribution in [0.4, 0.5) is 0 Å². The lowest BCUT2D eigenvalue weighted by Crippen LogP contribution is -2.33. The van der Waals surface area contributed by atoms with Crippen molar-refractivity contribution in [1.82, 2.24) is 0 Å². The fraction of sp³-hybridized carbons (Fsp3) is 0.526. The minimum absolute atomic E-state index is 0.0908. The summed E-state index contributed by atoms with van der Waals surface area (Å²) in [6.45, 7) is 7.74. The highest BCUT2D eigenvalue weighted by Crippen LogP contribution is 2.50. The molecule has 2 rings (SSSR count). The van der Waals surface area contributed by atoms with E-state index in [1.54, 1.807) is 0 Å². The molecule has 1 aromatic rings. The van der Waals surface area contributed by atoms with Crippen molar-refractivity contribution in [2.24, 2.45) is 5.41 Å². The summed E-state index contributed by atoms with van der Waals surface area (Å²) >= 11 is 0. The highest BCUT2D eigenvalue weighted by molar-refractivity contribution is 5.89. The van der Waals surface area contributed by atoms with Crippen molar-refractivity contribution >= 4 is 5.97 Å². The van der Waals surface area contributed by atoms with E-state index < -0.39 is 0 Å². The van der Waals surface area contributed by atoms with Crippen LogP contribution in [0.1, 0.15) is 45.6 Å². The fourth-order valence-electron chi connectivity index (χ4n) is 3.02. The maximum atomic E-state index is 11.9. The zero-order valence-corrected chi connectivity index (χ0v) is 13.9. The number of esters is 1. The lowest BCUT2D eigenvalue weighted by molar-refractivity contribution is -0.138. The molecule has 3 heteroatoms. The summed E-state index contributed by atoms with van der Waals surface area (Å²) in [6.07, 6.45) is 3.07. The van der Waals surface area contributed by atoms with E-state index in [9.17, 15) is 4.79 Å². The van der Waals surface area contributed by atoms with Gasteiger partial charge in [-0.25, -0.2) is 4.79 Å². The summed E-state index contributed by atoms with van der Waals surface area (Å²) in [5.41, 5.74) is 3.32. The molecule has 1 fully saturated rings. The monoisotopic (exact) mass is 302 g/mol. The van der Waals surface area contributed by atoms with Crippen molar-refractivity contribution in [3.8, 4) is 0 Å². The third-order valence-electron chi connectivity index (χ3n) is 4.60. The highest BCUT2D eigenvalue weighted by atomic mass is 16.5. The molecule has 0 heterocycles. The summed E-state index contributed by atoms with van der Waals surface area (Å²) < 4.78 is 10.9. The zero-order valence-electron chi connectivity index (χ0n) is 13.9. The highest BCUT2D eigenvalue weighted by Gasteiger charge is 2.39. The van der Waals surface area contributed by atoms with Crippen LogP contribution in [-0.2, 0) is 20.9 Å². The van der Waals surface area contributed by atoms with Gasteiger partial charge in [0.25, 0.3) is 0 Å². The van der Waals surface area contributed by atoms with Gasteiger partial charge in [0, 0.05) is 12.2 Å². The van der Waals surface area contributed by atoms with Crippen molar-refractivity contribution in [1.29, 1.82) is 0 Å². The third-order valence-corrected chi connectivity index (χ3v) is 4.60. The Balaban J connectivity index is 1.84. The number of ether oxygens (including phenoxy) is 2. The van der Waals surface area contributed by atoms with E-state index in [0.717, 1.165) is 24.8 Å². The van der Waals surface area contributed by atoms with Gasteiger partial charge in [-0.15, -0.1) is 0 Å². The molecule has 120 valence electrons. The molecule has 0 aromatic heterocycles. The molecule has 0 bridgehead atoms. The van der Waals surface area contributed by atoms with Crippen LogP contribution in [0.5, 0.6) is 0 Å². The molecule has 1 saturated carbocycles. The number of carbonyl (C=O) groups is 1. The van der Waals surface area contributed by atoms with E-state index in [1.165, 1.54) is 11.1 Å². The molecular weight excluding hydrogens is 276 g/mol. The van der Waals surface area contributed by atoms with Gasteiger partial charge in [0.15, 0.2) is 0 Å². The molecular formula is C19H26O3. The van der Waals surface area contributed by atoms with Crippen LogP contribution in [0, 0.1) is 5.41 Å². The smallest absolute Gasteiger partial charge is 0.333 e. The Morgan fingerprint density at radius 3 is 2.59 bits per heavy atom. The van der Waals surface area contributed by atoms with E-state index >= 15 is 0 Å². The van der Waals surface area contributed by atoms with E-state index in [2.05, 4.69) is 19.1 Å². The van der Waals surface area contributed by atoms with Gasteiger partial charge in [-0.3, -0.25) is 0 Å². The van der Waals surface area contributed by atoms with Crippen molar-refractivity contribution in [2.75, 3.05) is 13.2 Å². The van der Waals surface area contributed by atoms with Gasteiger partial charge in [0.05, 0.1) is 13.2 Å². The van der Waals surface area contributed by atoms with Gasteiger partial charge < -0.3 is 9.47 Å². The lowest BCUT2D eigenvalue weighted by atomic mass is 9.62. The van der Waals surface area contributed by atoms with Gasteiger partial charge in [-0.1, -0.05) is 42.8 Å². The quantitative estimate of drug-likeness (QED) is 0.428. The largest absolute Gasteiger partial charge is 0.463 e. The first-order valence-electron chi connectivity index (χ1n) is 8.06. The molecule has 1 aliphatic carbocycles. The van der Waals surface area contributed by atoms with E-state index in [-0.39, 0.29) is 11.4 Å². The fourth-order valence-corrected chi connectivity index (χ4v) is 3.02.